The average Bonchev–Trinajstić information content (AvgIpc) is 2.64. The first kappa shape index (κ1) is 12.1. The van der Waals surface area contributed by atoms with Gasteiger partial charge < -0.3 is 9.64 Å². The molecule has 1 amide bonds. The molecule has 0 saturated carbocycles. The number of amides is 1. The zero-order valence-electron chi connectivity index (χ0n) is 10.8. The molecular formula is C12H19N3O2. The molecule has 1 saturated heterocycles. The first-order valence-corrected chi connectivity index (χ1v) is 5.82. The van der Waals surface area contributed by atoms with Crippen LogP contribution in [0.2, 0.25) is 0 Å². The standard InChI is InChI=1S/C12H19N3O2/c1-9(2)11(16)15-7-12(8-15,17-4)10-5-6-13-14(10)3/h5-6,9H,7-8H2,1-4H3. The number of rotatable bonds is 3. The third-order valence-electron chi connectivity index (χ3n) is 3.38. The molecule has 0 atom stereocenters. The minimum Gasteiger partial charge on any atom is -0.368 e. The Bertz CT molecular complexity index is 419. The number of hydrogen-bond acceptors (Lipinski definition) is 3. The van der Waals surface area contributed by atoms with Crippen LogP contribution in [0.15, 0.2) is 12.3 Å². The molecule has 17 heavy (non-hydrogen) atoms. The van der Waals surface area contributed by atoms with Crippen LogP contribution in [-0.2, 0) is 22.2 Å². The van der Waals surface area contributed by atoms with Gasteiger partial charge in [0.2, 0.25) is 5.91 Å². The number of likely N-dealkylation sites (tertiary alicyclic amines) is 1. The van der Waals surface area contributed by atoms with Crippen molar-refractivity contribution in [1.82, 2.24) is 14.7 Å². The number of hydrogen-bond donors (Lipinski definition) is 0. The van der Waals surface area contributed by atoms with Crippen LogP contribution in [0.5, 0.6) is 0 Å². The number of ether oxygens (including phenoxy) is 1. The van der Waals surface area contributed by atoms with Gasteiger partial charge in [0.25, 0.3) is 0 Å². The molecule has 1 aliphatic rings. The molecule has 0 bridgehead atoms. The van der Waals surface area contributed by atoms with Crippen LogP contribution in [0.25, 0.3) is 0 Å². The van der Waals surface area contributed by atoms with Gasteiger partial charge in [0.15, 0.2) is 0 Å². The van der Waals surface area contributed by atoms with E-state index in [0.29, 0.717) is 13.1 Å². The predicted octanol–water partition coefficient (Wildman–Crippen LogP) is 0.760. The zero-order valence-corrected chi connectivity index (χ0v) is 10.8. The van der Waals surface area contributed by atoms with Crippen molar-refractivity contribution in [1.29, 1.82) is 0 Å². The number of carbonyl (C=O) groups excluding carboxylic acids is 1. The summed E-state index contributed by atoms with van der Waals surface area (Å²) in [7, 11) is 3.58. The molecule has 0 spiro atoms. The summed E-state index contributed by atoms with van der Waals surface area (Å²) >= 11 is 0. The van der Waals surface area contributed by atoms with Crippen molar-refractivity contribution in [2.45, 2.75) is 19.4 Å². The highest BCUT2D eigenvalue weighted by atomic mass is 16.5. The summed E-state index contributed by atoms with van der Waals surface area (Å²) in [4.78, 5) is 13.7. The smallest absolute Gasteiger partial charge is 0.225 e. The van der Waals surface area contributed by atoms with Crippen molar-refractivity contribution < 1.29 is 9.53 Å². The number of methoxy groups -OCH3 is 1. The molecule has 5 nitrogen and oxygen atoms in total. The second kappa shape index (κ2) is 4.14. The fraction of sp³-hybridized carbons (Fsp3) is 0.667. The third kappa shape index (κ3) is 1.84. The Hall–Kier alpha value is -1.36. The maximum atomic E-state index is 11.8. The van der Waals surface area contributed by atoms with Crippen molar-refractivity contribution in [2.75, 3.05) is 20.2 Å². The Balaban J connectivity index is 2.13. The molecule has 2 rings (SSSR count). The van der Waals surface area contributed by atoms with Crippen molar-refractivity contribution in [3.63, 3.8) is 0 Å². The van der Waals surface area contributed by atoms with Crippen LogP contribution in [-0.4, -0.2) is 40.8 Å². The van der Waals surface area contributed by atoms with E-state index in [1.54, 1.807) is 18.0 Å². The molecule has 1 aromatic heterocycles. The molecule has 1 fully saturated rings. The maximum absolute atomic E-state index is 11.8. The lowest BCUT2D eigenvalue weighted by Gasteiger charge is -2.49. The lowest BCUT2D eigenvalue weighted by Crippen LogP contribution is -2.63. The van der Waals surface area contributed by atoms with Crippen molar-refractivity contribution in [2.24, 2.45) is 13.0 Å². The Kier molecular flexibility index (Phi) is 2.95. The van der Waals surface area contributed by atoms with Gasteiger partial charge in [0.05, 0.1) is 18.8 Å². The van der Waals surface area contributed by atoms with E-state index < -0.39 is 0 Å². The summed E-state index contributed by atoms with van der Waals surface area (Å²) in [5.41, 5.74) is 0.642. The molecule has 0 radical (unpaired) electrons. The van der Waals surface area contributed by atoms with E-state index in [4.69, 9.17) is 4.74 Å². The minimum atomic E-state index is -0.379. The SMILES string of the molecule is COC1(c2ccnn2C)CN(C(=O)C(C)C)C1. The fourth-order valence-electron chi connectivity index (χ4n) is 2.31. The van der Waals surface area contributed by atoms with Gasteiger partial charge in [-0.3, -0.25) is 9.48 Å². The summed E-state index contributed by atoms with van der Waals surface area (Å²) in [5, 5.41) is 4.15. The van der Waals surface area contributed by atoms with Gasteiger partial charge in [-0.1, -0.05) is 13.8 Å². The molecule has 1 aliphatic heterocycles. The topological polar surface area (TPSA) is 47.4 Å². The number of carbonyl (C=O) groups is 1. The van der Waals surface area contributed by atoms with E-state index in [1.165, 1.54) is 0 Å². The molecule has 0 unspecified atom stereocenters. The number of aryl methyl sites for hydroxylation is 1. The lowest BCUT2D eigenvalue weighted by molar-refractivity contribution is -0.169. The van der Waals surface area contributed by atoms with Crippen LogP contribution in [0.3, 0.4) is 0 Å². The predicted molar refractivity (Wildman–Crippen MR) is 63.3 cm³/mol. The Morgan fingerprint density at radius 1 is 1.53 bits per heavy atom. The van der Waals surface area contributed by atoms with Crippen molar-refractivity contribution in [3.8, 4) is 0 Å². The zero-order chi connectivity index (χ0) is 12.6. The van der Waals surface area contributed by atoms with E-state index in [-0.39, 0.29) is 17.4 Å². The minimum absolute atomic E-state index is 0.0383. The first-order chi connectivity index (χ1) is 8.00. The number of aromatic nitrogens is 2. The normalized spacial score (nSPS) is 18.3. The number of nitrogens with zero attached hydrogens (tertiary/aromatic N) is 3. The Morgan fingerprint density at radius 3 is 2.59 bits per heavy atom. The van der Waals surface area contributed by atoms with E-state index in [0.717, 1.165) is 5.69 Å². The molecule has 94 valence electrons. The monoisotopic (exact) mass is 237 g/mol. The van der Waals surface area contributed by atoms with Crippen LogP contribution in [0.4, 0.5) is 0 Å². The van der Waals surface area contributed by atoms with Gasteiger partial charge in [-0.05, 0) is 6.07 Å². The molecule has 2 heterocycles. The van der Waals surface area contributed by atoms with E-state index in [9.17, 15) is 4.79 Å². The largest absolute Gasteiger partial charge is 0.368 e. The van der Waals surface area contributed by atoms with E-state index in [1.807, 2.05) is 31.9 Å². The van der Waals surface area contributed by atoms with Crippen LogP contribution in [0, 0.1) is 5.92 Å². The molecule has 0 aliphatic carbocycles. The molecular weight excluding hydrogens is 218 g/mol. The summed E-state index contributed by atoms with van der Waals surface area (Å²) in [6.07, 6.45) is 1.75. The average molecular weight is 237 g/mol. The Morgan fingerprint density at radius 2 is 2.18 bits per heavy atom. The van der Waals surface area contributed by atoms with Gasteiger partial charge in [0.1, 0.15) is 5.60 Å². The second-order valence-electron chi connectivity index (χ2n) is 4.89. The van der Waals surface area contributed by atoms with Gasteiger partial charge in [-0.15, -0.1) is 0 Å². The summed E-state index contributed by atoms with van der Waals surface area (Å²) in [5.74, 6) is 0.219. The molecule has 0 N–H and O–H groups in total. The van der Waals surface area contributed by atoms with Gasteiger partial charge in [-0.2, -0.15) is 5.10 Å². The Labute approximate surface area is 101 Å². The molecule has 1 aromatic rings. The molecule has 5 heteroatoms. The van der Waals surface area contributed by atoms with Gasteiger partial charge in [0, 0.05) is 26.3 Å². The van der Waals surface area contributed by atoms with Crippen LogP contribution >= 0.6 is 0 Å². The highest BCUT2D eigenvalue weighted by Gasteiger charge is 2.48. The lowest BCUT2D eigenvalue weighted by atomic mass is 9.89. The maximum Gasteiger partial charge on any atom is 0.225 e. The van der Waals surface area contributed by atoms with E-state index in [2.05, 4.69) is 5.10 Å². The fourth-order valence-corrected chi connectivity index (χ4v) is 2.31. The quantitative estimate of drug-likeness (QED) is 0.779. The van der Waals surface area contributed by atoms with Gasteiger partial charge >= 0.3 is 0 Å². The van der Waals surface area contributed by atoms with Crippen molar-refractivity contribution >= 4 is 5.91 Å². The summed E-state index contributed by atoms with van der Waals surface area (Å²) in [6.45, 7) is 5.05. The third-order valence-corrected chi connectivity index (χ3v) is 3.38. The van der Waals surface area contributed by atoms with E-state index >= 15 is 0 Å². The van der Waals surface area contributed by atoms with Gasteiger partial charge in [-0.25, -0.2) is 0 Å². The second-order valence-corrected chi connectivity index (χ2v) is 4.89. The van der Waals surface area contributed by atoms with Crippen molar-refractivity contribution in [3.05, 3.63) is 18.0 Å². The van der Waals surface area contributed by atoms with Crippen LogP contribution in [0.1, 0.15) is 19.5 Å². The highest BCUT2D eigenvalue weighted by molar-refractivity contribution is 5.79. The highest BCUT2D eigenvalue weighted by Crippen LogP contribution is 2.35. The summed E-state index contributed by atoms with van der Waals surface area (Å²) < 4.78 is 7.41. The first-order valence-electron chi connectivity index (χ1n) is 5.82. The molecule has 0 aromatic carbocycles. The van der Waals surface area contributed by atoms with Crippen LogP contribution < -0.4 is 0 Å². The summed E-state index contributed by atoms with van der Waals surface area (Å²) in [6, 6.07) is 1.95.